The monoisotopic (exact) mass is 237 g/mol. The summed E-state index contributed by atoms with van der Waals surface area (Å²) < 4.78 is 13.0. The van der Waals surface area contributed by atoms with Crippen molar-refractivity contribution in [3.63, 3.8) is 0 Å². The largest absolute Gasteiger partial charge is 0.505 e. The van der Waals surface area contributed by atoms with Crippen LogP contribution in [0.5, 0.6) is 5.75 Å². The summed E-state index contributed by atoms with van der Waals surface area (Å²) >= 11 is 1.66. The lowest BCUT2D eigenvalue weighted by Crippen LogP contribution is -2.12. The van der Waals surface area contributed by atoms with Gasteiger partial charge in [0, 0.05) is 13.1 Å². The van der Waals surface area contributed by atoms with Gasteiger partial charge in [-0.25, -0.2) is 4.39 Å². The third-order valence-corrected chi connectivity index (χ3v) is 2.98. The summed E-state index contributed by atoms with van der Waals surface area (Å²) in [7, 11) is 0. The average Bonchev–Trinajstić information content (AvgIpc) is 2.76. The number of halogens is 1. The number of benzene rings is 1. The van der Waals surface area contributed by atoms with Crippen molar-refractivity contribution in [2.75, 3.05) is 0 Å². The number of rotatable bonds is 4. The number of hydrogen-bond donors (Lipinski definition) is 2. The van der Waals surface area contributed by atoms with Crippen LogP contribution in [-0.2, 0) is 13.1 Å². The van der Waals surface area contributed by atoms with Crippen LogP contribution in [0.25, 0.3) is 0 Å². The fraction of sp³-hybridized carbons (Fsp3) is 0.167. The maximum absolute atomic E-state index is 13.0. The van der Waals surface area contributed by atoms with Crippen molar-refractivity contribution >= 4 is 11.3 Å². The summed E-state index contributed by atoms with van der Waals surface area (Å²) in [6.45, 7) is 1.36. The van der Waals surface area contributed by atoms with Crippen molar-refractivity contribution in [1.82, 2.24) is 5.32 Å². The molecule has 84 valence electrons. The summed E-state index contributed by atoms with van der Waals surface area (Å²) in [6.07, 6.45) is 0. The number of phenolic OH excluding ortho intramolecular Hbond substituents is 1. The van der Waals surface area contributed by atoms with Gasteiger partial charge in [-0.05, 0) is 40.1 Å². The van der Waals surface area contributed by atoms with Crippen LogP contribution < -0.4 is 5.32 Å². The van der Waals surface area contributed by atoms with E-state index in [9.17, 15) is 4.39 Å². The molecule has 0 saturated carbocycles. The summed E-state index contributed by atoms with van der Waals surface area (Å²) in [6, 6.07) is 6.47. The zero-order valence-electron chi connectivity index (χ0n) is 8.61. The SMILES string of the molecule is Oc1ccc(CNCc2ccsc2)cc1F. The van der Waals surface area contributed by atoms with Gasteiger partial charge in [0.25, 0.3) is 0 Å². The Morgan fingerprint density at radius 1 is 1.19 bits per heavy atom. The molecule has 0 fully saturated rings. The molecule has 2 rings (SSSR count). The Labute approximate surface area is 97.4 Å². The Hall–Kier alpha value is -1.39. The first-order chi connectivity index (χ1) is 7.75. The molecule has 0 unspecified atom stereocenters. The average molecular weight is 237 g/mol. The highest BCUT2D eigenvalue weighted by atomic mass is 32.1. The topological polar surface area (TPSA) is 32.3 Å². The lowest BCUT2D eigenvalue weighted by Gasteiger charge is -2.04. The van der Waals surface area contributed by atoms with Gasteiger partial charge in [0.15, 0.2) is 11.6 Å². The number of hydrogen-bond acceptors (Lipinski definition) is 3. The van der Waals surface area contributed by atoms with Crippen LogP contribution in [0, 0.1) is 5.82 Å². The predicted octanol–water partition coefficient (Wildman–Crippen LogP) is 2.88. The minimum Gasteiger partial charge on any atom is -0.505 e. The zero-order valence-corrected chi connectivity index (χ0v) is 9.43. The van der Waals surface area contributed by atoms with Crippen LogP contribution in [0.4, 0.5) is 4.39 Å². The molecule has 2 aromatic rings. The van der Waals surface area contributed by atoms with Crippen molar-refractivity contribution < 1.29 is 9.50 Å². The zero-order chi connectivity index (χ0) is 11.4. The molecule has 2 nitrogen and oxygen atoms in total. The Morgan fingerprint density at radius 3 is 2.69 bits per heavy atom. The number of phenols is 1. The van der Waals surface area contributed by atoms with Crippen molar-refractivity contribution in [2.24, 2.45) is 0 Å². The Morgan fingerprint density at radius 2 is 2.00 bits per heavy atom. The van der Waals surface area contributed by atoms with E-state index in [1.807, 2.05) is 5.38 Å². The van der Waals surface area contributed by atoms with Gasteiger partial charge >= 0.3 is 0 Å². The summed E-state index contributed by atoms with van der Waals surface area (Å²) in [4.78, 5) is 0. The molecule has 0 aliphatic heterocycles. The van der Waals surface area contributed by atoms with E-state index in [2.05, 4.69) is 16.8 Å². The van der Waals surface area contributed by atoms with Gasteiger partial charge in [0.2, 0.25) is 0 Å². The molecular formula is C12H12FNOS. The molecule has 1 aromatic heterocycles. The maximum atomic E-state index is 13.0. The second-order valence-corrected chi connectivity index (χ2v) is 4.30. The third kappa shape index (κ3) is 2.81. The minimum atomic E-state index is -0.574. The van der Waals surface area contributed by atoms with Crippen LogP contribution in [0.15, 0.2) is 35.0 Å². The molecule has 16 heavy (non-hydrogen) atoms. The molecule has 0 aliphatic carbocycles. The molecule has 0 atom stereocenters. The Balaban J connectivity index is 1.87. The van der Waals surface area contributed by atoms with E-state index >= 15 is 0 Å². The maximum Gasteiger partial charge on any atom is 0.165 e. The van der Waals surface area contributed by atoms with Crippen molar-refractivity contribution in [3.8, 4) is 5.75 Å². The Kier molecular flexibility index (Phi) is 3.54. The molecule has 1 aromatic carbocycles. The van der Waals surface area contributed by atoms with E-state index < -0.39 is 5.82 Å². The van der Waals surface area contributed by atoms with Crippen molar-refractivity contribution in [2.45, 2.75) is 13.1 Å². The first-order valence-electron chi connectivity index (χ1n) is 4.95. The van der Waals surface area contributed by atoms with Gasteiger partial charge in [-0.2, -0.15) is 11.3 Å². The van der Waals surface area contributed by atoms with E-state index in [-0.39, 0.29) is 5.75 Å². The highest BCUT2D eigenvalue weighted by Gasteiger charge is 2.01. The molecule has 4 heteroatoms. The lowest BCUT2D eigenvalue weighted by atomic mass is 10.2. The van der Waals surface area contributed by atoms with Crippen molar-refractivity contribution in [1.29, 1.82) is 0 Å². The highest BCUT2D eigenvalue weighted by Crippen LogP contribution is 2.16. The standard InChI is InChI=1S/C12H12FNOS/c13-11-5-9(1-2-12(11)15)6-14-7-10-3-4-16-8-10/h1-5,8,14-15H,6-7H2. The van der Waals surface area contributed by atoms with Crippen LogP contribution >= 0.6 is 11.3 Å². The van der Waals surface area contributed by atoms with Gasteiger partial charge in [0.05, 0.1) is 0 Å². The molecule has 0 spiro atoms. The number of aromatic hydroxyl groups is 1. The first kappa shape index (κ1) is 11.1. The first-order valence-corrected chi connectivity index (χ1v) is 5.89. The molecule has 2 N–H and O–H groups in total. The van der Waals surface area contributed by atoms with E-state index in [0.29, 0.717) is 6.54 Å². The lowest BCUT2D eigenvalue weighted by molar-refractivity contribution is 0.431. The minimum absolute atomic E-state index is 0.304. The van der Waals surface area contributed by atoms with Gasteiger partial charge in [-0.15, -0.1) is 0 Å². The molecule has 0 radical (unpaired) electrons. The quantitative estimate of drug-likeness (QED) is 0.857. The molecule has 1 heterocycles. The summed E-state index contributed by atoms with van der Waals surface area (Å²) in [5.41, 5.74) is 2.05. The van der Waals surface area contributed by atoms with Crippen LogP contribution in [-0.4, -0.2) is 5.11 Å². The van der Waals surface area contributed by atoms with Crippen LogP contribution in [0.2, 0.25) is 0 Å². The molecule has 0 bridgehead atoms. The van der Waals surface area contributed by atoms with Gasteiger partial charge < -0.3 is 10.4 Å². The number of thiophene rings is 1. The fourth-order valence-corrected chi connectivity index (χ4v) is 2.07. The van der Waals surface area contributed by atoms with Gasteiger partial charge in [0.1, 0.15) is 0 Å². The Bertz CT molecular complexity index is 456. The van der Waals surface area contributed by atoms with Crippen LogP contribution in [0.3, 0.4) is 0 Å². The van der Waals surface area contributed by atoms with E-state index in [1.165, 1.54) is 17.7 Å². The number of nitrogens with one attached hydrogen (secondary N) is 1. The smallest absolute Gasteiger partial charge is 0.165 e. The normalized spacial score (nSPS) is 10.6. The predicted molar refractivity (Wildman–Crippen MR) is 62.9 cm³/mol. The molecule has 0 aliphatic rings. The van der Waals surface area contributed by atoms with Gasteiger partial charge in [-0.3, -0.25) is 0 Å². The summed E-state index contributed by atoms with van der Waals surface area (Å²) in [5, 5.41) is 16.3. The van der Waals surface area contributed by atoms with Gasteiger partial charge in [-0.1, -0.05) is 6.07 Å². The third-order valence-electron chi connectivity index (χ3n) is 2.25. The van der Waals surface area contributed by atoms with E-state index in [0.717, 1.165) is 12.1 Å². The molecular weight excluding hydrogens is 225 g/mol. The molecule has 0 amide bonds. The van der Waals surface area contributed by atoms with Crippen molar-refractivity contribution in [3.05, 3.63) is 52.0 Å². The molecule has 0 saturated heterocycles. The fourth-order valence-electron chi connectivity index (χ4n) is 1.40. The highest BCUT2D eigenvalue weighted by molar-refractivity contribution is 7.07. The second-order valence-electron chi connectivity index (χ2n) is 3.52. The van der Waals surface area contributed by atoms with E-state index in [1.54, 1.807) is 17.4 Å². The van der Waals surface area contributed by atoms with Crippen LogP contribution in [0.1, 0.15) is 11.1 Å². The summed E-state index contributed by atoms with van der Waals surface area (Å²) in [5.74, 6) is -0.878. The van der Waals surface area contributed by atoms with E-state index in [4.69, 9.17) is 5.11 Å². The second kappa shape index (κ2) is 5.09.